The Balaban J connectivity index is 3.00. The molecule has 1 aromatic carbocycles. The van der Waals surface area contributed by atoms with E-state index in [1.54, 1.807) is 19.1 Å². The van der Waals surface area contributed by atoms with Gasteiger partial charge in [-0.1, -0.05) is 25.1 Å². The van der Waals surface area contributed by atoms with Gasteiger partial charge in [0.25, 0.3) is 0 Å². The highest BCUT2D eigenvalue weighted by molar-refractivity contribution is 5.91. The molecule has 1 N–H and O–H groups in total. The Bertz CT molecular complexity index is 333. The fourth-order valence-electron chi connectivity index (χ4n) is 1.42. The van der Waals surface area contributed by atoms with Crippen LogP contribution in [0.15, 0.2) is 24.3 Å². The fourth-order valence-corrected chi connectivity index (χ4v) is 1.42. The normalized spacial score (nSPS) is 12.2. The summed E-state index contributed by atoms with van der Waals surface area (Å²) in [5.41, 5.74) is 1.37. The first-order chi connectivity index (χ1) is 7.20. The van der Waals surface area contributed by atoms with Crippen LogP contribution in [-0.2, 0) is 4.74 Å². The van der Waals surface area contributed by atoms with Crippen LogP contribution in [0.2, 0.25) is 0 Å². The van der Waals surface area contributed by atoms with Crippen molar-refractivity contribution in [1.82, 2.24) is 0 Å². The van der Waals surface area contributed by atoms with E-state index in [9.17, 15) is 4.79 Å². The number of benzene rings is 1. The van der Waals surface area contributed by atoms with Crippen molar-refractivity contribution in [2.45, 2.75) is 19.8 Å². The van der Waals surface area contributed by atoms with Gasteiger partial charge in [-0.3, -0.25) is 0 Å². The molecule has 0 radical (unpaired) electrons. The van der Waals surface area contributed by atoms with Crippen molar-refractivity contribution < 1.29 is 14.6 Å². The van der Waals surface area contributed by atoms with Gasteiger partial charge in [-0.25, -0.2) is 4.79 Å². The lowest BCUT2D eigenvalue weighted by atomic mass is 9.96. The third-order valence-electron chi connectivity index (χ3n) is 2.26. The van der Waals surface area contributed by atoms with E-state index in [4.69, 9.17) is 9.84 Å². The summed E-state index contributed by atoms with van der Waals surface area (Å²) >= 11 is 0. The number of hydrogen-bond donors (Lipinski definition) is 1. The second-order valence-electron chi connectivity index (χ2n) is 3.39. The van der Waals surface area contributed by atoms with Crippen LogP contribution in [0.4, 0.5) is 0 Å². The first-order valence-corrected chi connectivity index (χ1v) is 5.07. The number of carbonyl (C=O) groups is 1. The number of rotatable bonds is 4. The molecule has 0 saturated carbocycles. The van der Waals surface area contributed by atoms with E-state index in [1.807, 2.05) is 19.1 Å². The summed E-state index contributed by atoms with van der Waals surface area (Å²) in [5.74, 6) is -0.376. The molecular weight excluding hydrogens is 192 g/mol. The van der Waals surface area contributed by atoms with Crippen molar-refractivity contribution in [2.75, 3.05) is 13.2 Å². The molecule has 0 saturated heterocycles. The summed E-state index contributed by atoms with van der Waals surface area (Å²) in [5, 5.41) is 9.07. The molecule has 1 unspecified atom stereocenters. The van der Waals surface area contributed by atoms with Crippen molar-refractivity contribution in [2.24, 2.45) is 0 Å². The van der Waals surface area contributed by atoms with Gasteiger partial charge in [0.1, 0.15) is 0 Å². The summed E-state index contributed by atoms with van der Waals surface area (Å²) in [6, 6.07) is 7.21. The van der Waals surface area contributed by atoms with E-state index < -0.39 is 0 Å². The zero-order valence-electron chi connectivity index (χ0n) is 9.06. The van der Waals surface area contributed by atoms with E-state index >= 15 is 0 Å². The van der Waals surface area contributed by atoms with Gasteiger partial charge in [-0.15, -0.1) is 0 Å². The van der Waals surface area contributed by atoms with Crippen molar-refractivity contribution in [1.29, 1.82) is 0 Å². The molecule has 82 valence electrons. The molecule has 1 atom stereocenters. The molecule has 0 aromatic heterocycles. The van der Waals surface area contributed by atoms with Gasteiger partial charge < -0.3 is 9.84 Å². The number of carbonyl (C=O) groups excluding carboxylic acids is 1. The minimum atomic E-state index is -0.326. The Morgan fingerprint density at radius 1 is 1.47 bits per heavy atom. The smallest absolute Gasteiger partial charge is 0.338 e. The Kier molecular flexibility index (Phi) is 4.31. The topological polar surface area (TPSA) is 46.5 Å². The van der Waals surface area contributed by atoms with E-state index in [1.165, 1.54) is 0 Å². The third kappa shape index (κ3) is 2.80. The second-order valence-corrected chi connectivity index (χ2v) is 3.39. The molecule has 0 fully saturated rings. The SMILES string of the molecule is CCOC(=O)c1ccccc1C(C)CO. The lowest BCUT2D eigenvalue weighted by molar-refractivity contribution is 0.0524. The van der Waals surface area contributed by atoms with E-state index in [2.05, 4.69) is 0 Å². The van der Waals surface area contributed by atoms with E-state index in [-0.39, 0.29) is 18.5 Å². The van der Waals surface area contributed by atoms with Crippen molar-refractivity contribution in [3.63, 3.8) is 0 Å². The van der Waals surface area contributed by atoms with Crippen LogP contribution in [0, 0.1) is 0 Å². The molecule has 3 heteroatoms. The molecular formula is C12H16O3. The van der Waals surface area contributed by atoms with Gasteiger partial charge in [0.15, 0.2) is 0 Å². The number of hydrogen-bond acceptors (Lipinski definition) is 3. The zero-order valence-corrected chi connectivity index (χ0v) is 9.06. The highest BCUT2D eigenvalue weighted by atomic mass is 16.5. The van der Waals surface area contributed by atoms with E-state index in [0.717, 1.165) is 5.56 Å². The highest BCUT2D eigenvalue weighted by Gasteiger charge is 2.15. The summed E-state index contributed by atoms with van der Waals surface area (Å²) in [6.45, 7) is 4.03. The molecule has 3 nitrogen and oxygen atoms in total. The molecule has 0 bridgehead atoms. The Hall–Kier alpha value is -1.35. The van der Waals surface area contributed by atoms with Crippen LogP contribution in [-0.4, -0.2) is 24.3 Å². The molecule has 1 aromatic rings. The quantitative estimate of drug-likeness (QED) is 0.769. The first kappa shape index (κ1) is 11.7. The standard InChI is InChI=1S/C12H16O3/c1-3-15-12(14)11-7-5-4-6-10(11)9(2)8-13/h4-7,9,13H,3,8H2,1-2H3. The van der Waals surface area contributed by atoms with E-state index in [0.29, 0.717) is 12.2 Å². The monoisotopic (exact) mass is 208 g/mol. The maximum atomic E-state index is 11.6. The third-order valence-corrected chi connectivity index (χ3v) is 2.26. The lowest BCUT2D eigenvalue weighted by Gasteiger charge is -2.12. The molecule has 1 rings (SSSR count). The molecule has 0 aliphatic heterocycles. The van der Waals surface area contributed by atoms with Crippen LogP contribution in [0.3, 0.4) is 0 Å². The van der Waals surface area contributed by atoms with Gasteiger partial charge >= 0.3 is 5.97 Å². The van der Waals surface area contributed by atoms with Crippen molar-refractivity contribution >= 4 is 5.97 Å². The average Bonchev–Trinajstić information content (AvgIpc) is 2.28. The van der Waals surface area contributed by atoms with Crippen LogP contribution in [0.5, 0.6) is 0 Å². The molecule has 0 aliphatic carbocycles. The van der Waals surface area contributed by atoms with Gasteiger partial charge in [0.2, 0.25) is 0 Å². The van der Waals surface area contributed by atoms with Crippen molar-refractivity contribution in [3.05, 3.63) is 35.4 Å². The maximum Gasteiger partial charge on any atom is 0.338 e. The number of ether oxygens (including phenoxy) is 1. The van der Waals surface area contributed by atoms with Crippen molar-refractivity contribution in [3.8, 4) is 0 Å². The van der Waals surface area contributed by atoms with Gasteiger partial charge in [0, 0.05) is 12.5 Å². The number of aliphatic hydroxyl groups is 1. The largest absolute Gasteiger partial charge is 0.462 e. The maximum absolute atomic E-state index is 11.6. The molecule has 0 heterocycles. The average molecular weight is 208 g/mol. The van der Waals surface area contributed by atoms with Gasteiger partial charge in [-0.2, -0.15) is 0 Å². The Labute approximate surface area is 89.7 Å². The molecule has 15 heavy (non-hydrogen) atoms. The van der Waals surface area contributed by atoms with Gasteiger partial charge in [0.05, 0.1) is 12.2 Å². The summed E-state index contributed by atoms with van der Waals surface area (Å²) in [7, 11) is 0. The first-order valence-electron chi connectivity index (χ1n) is 5.07. The summed E-state index contributed by atoms with van der Waals surface area (Å²) < 4.78 is 4.94. The van der Waals surface area contributed by atoms with Gasteiger partial charge in [-0.05, 0) is 18.6 Å². The predicted molar refractivity (Wildman–Crippen MR) is 57.9 cm³/mol. The minimum absolute atomic E-state index is 0.0242. The number of esters is 1. The molecule has 0 amide bonds. The highest BCUT2D eigenvalue weighted by Crippen LogP contribution is 2.19. The Morgan fingerprint density at radius 3 is 2.73 bits per heavy atom. The molecule has 0 aliphatic rings. The van der Waals surface area contributed by atoms with Crippen LogP contribution >= 0.6 is 0 Å². The summed E-state index contributed by atoms with van der Waals surface area (Å²) in [6.07, 6.45) is 0. The van der Waals surface area contributed by atoms with Crippen LogP contribution in [0.1, 0.15) is 35.7 Å². The molecule has 0 spiro atoms. The van der Waals surface area contributed by atoms with Crippen LogP contribution in [0.25, 0.3) is 0 Å². The zero-order chi connectivity index (χ0) is 11.3. The fraction of sp³-hybridized carbons (Fsp3) is 0.417. The van der Waals surface area contributed by atoms with Crippen LogP contribution < -0.4 is 0 Å². The summed E-state index contributed by atoms with van der Waals surface area (Å²) in [4.78, 5) is 11.6. The second kappa shape index (κ2) is 5.51. The lowest BCUT2D eigenvalue weighted by Crippen LogP contribution is -2.11. The number of aliphatic hydroxyl groups excluding tert-OH is 1. The minimum Gasteiger partial charge on any atom is -0.462 e. The Morgan fingerprint density at radius 2 is 2.13 bits per heavy atom. The predicted octanol–water partition coefficient (Wildman–Crippen LogP) is 1.96.